The molecule has 0 saturated heterocycles. The van der Waals surface area contributed by atoms with Crippen LogP contribution in [0, 0.1) is 11.8 Å². The second-order valence-electron chi connectivity index (χ2n) is 5.70. The highest BCUT2D eigenvalue weighted by atomic mass is 16.5. The summed E-state index contributed by atoms with van der Waals surface area (Å²) in [6, 6.07) is 0. The van der Waals surface area contributed by atoms with Crippen molar-refractivity contribution >= 4 is 29.1 Å². The van der Waals surface area contributed by atoms with Crippen molar-refractivity contribution in [3.8, 4) is 0 Å². The smallest absolute Gasteiger partial charge is 0.313 e. The van der Waals surface area contributed by atoms with Gasteiger partial charge >= 0.3 is 5.97 Å². The molecule has 0 bridgehead atoms. The van der Waals surface area contributed by atoms with Crippen LogP contribution in [0.25, 0.3) is 0 Å². The Hall–Kier alpha value is -1.85. The van der Waals surface area contributed by atoms with E-state index < -0.39 is 5.97 Å². The van der Waals surface area contributed by atoms with Gasteiger partial charge in [0.25, 0.3) is 0 Å². The zero-order valence-electron chi connectivity index (χ0n) is 14.9. The standard InChI is InChI=1S/C11H18O3.C6H10O3/c1-7(5-9(3)12)11(14)8(2)6-10(4)13;1-3-9-6(8)4-5(2)7/h7-8H,5-6H2,1-4H3;3-4H2,1-2H3. The van der Waals surface area contributed by atoms with Gasteiger partial charge in [0.05, 0.1) is 6.61 Å². The van der Waals surface area contributed by atoms with Crippen molar-refractivity contribution in [2.24, 2.45) is 11.8 Å². The molecule has 2 unspecified atom stereocenters. The number of ketones is 4. The van der Waals surface area contributed by atoms with Gasteiger partial charge in [-0.05, 0) is 27.7 Å². The third-order valence-electron chi connectivity index (χ3n) is 2.86. The van der Waals surface area contributed by atoms with Crippen molar-refractivity contribution in [2.75, 3.05) is 6.61 Å². The summed E-state index contributed by atoms with van der Waals surface area (Å²) in [7, 11) is 0. The number of carbonyl (C=O) groups excluding carboxylic acids is 5. The van der Waals surface area contributed by atoms with Gasteiger partial charge in [0.15, 0.2) is 0 Å². The number of Topliss-reactive ketones (excluding diaryl/α,β-unsaturated/α-hetero) is 4. The Kier molecular flexibility index (Phi) is 12.9. The summed E-state index contributed by atoms with van der Waals surface area (Å²) in [5, 5.41) is 0. The Morgan fingerprint density at radius 3 is 1.43 bits per heavy atom. The van der Waals surface area contributed by atoms with Crippen molar-refractivity contribution in [1.29, 1.82) is 0 Å². The highest BCUT2D eigenvalue weighted by Crippen LogP contribution is 2.14. The predicted octanol–water partition coefficient (Wildman–Crippen LogP) is 2.31. The SMILES string of the molecule is CC(=O)CC(C)C(=O)C(C)CC(C)=O.CCOC(=O)CC(C)=O. The molecule has 23 heavy (non-hydrogen) atoms. The van der Waals surface area contributed by atoms with Crippen LogP contribution < -0.4 is 0 Å². The number of carbonyl (C=O) groups is 5. The number of hydrogen-bond donors (Lipinski definition) is 0. The summed E-state index contributed by atoms with van der Waals surface area (Å²) in [5.74, 6) is -1.08. The van der Waals surface area contributed by atoms with E-state index in [1.807, 2.05) is 0 Å². The molecular formula is C17H28O6. The predicted molar refractivity (Wildman–Crippen MR) is 85.9 cm³/mol. The molecule has 2 atom stereocenters. The van der Waals surface area contributed by atoms with Gasteiger partial charge in [-0.15, -0.1) is 0 Å². The molecule has 0 saturated carbocycles. The van der Waals surface area contributed by atoms with E-state index in [0.717, 1.165) is 0 Å². The summed E-state index contributed by atoms with van der Waals surface area (Å²) in [6.45, 7) is 9.82. The monoisotopic (exact) mass is 328 g/mol. The van der Waals surface area contributed by atoms with Gasteiger partial charge in [-0.1, -0.05) is 13.8 Å². The van der Waals surface area contributed by atoms with E-state index in [0.29, 0.717) is 6.61 Å². The van der Waals surface area contributed by atoms with Gasteiger partial charge in [0.1, 0.15) is 29.6 Å². The van der Waals surface area contributed by atoms with Crippen LogP contribution in [-0.4, -0.2) is 35.7 Å². The van der Waals surface area contributed by atoms with Crippen LogP contribution in [0.3, 0.4) is 0 Å². The van der Waals surface area contributed by atoms with E-state index >= 15 is 0 Å². The fraction of sp³-hybridized carbons (Fsp3) is 0.706. The Balaban J connectivity index is 0. The minimum atomic E-state index is -0.440. The van der Waals surface area contributed by atoms with Crippen LogP contribution in [-0.2, 0) is 28.7 Å². The lowest BCUT2D eigenvalue weighted by Crippen LogP contribution is -2.22. The molecule has 0 aliphatic carbocycles. The van der Waals surface area contributed by atoms with Gasteiger partial charge in [-0.3, -0.25) is 14.4 Å². The van der Waals surface area contributed by atoms with E-state index in [1.54, 1.807) is 20.8 Å². The van der Waals surface area contributed by atoms with Gasteiger partial charge in [0, 0.05) is 24.7 Å². The molecule has 0 N–H and O–H groups in total. The number of rotatable bonds is 9. The fourth-order valence-corrected chi connectivity index (χ4v) is 1.96. The topological polar surface area (TPSA) is 94.6 Å². The van der Waals surface area contributed by atoms with E-state index in [4.69, 9.17) is 0 Å². The van der Waals surface area contributed by atoms with Crippen LogP contribution in [0.1, 0.15) is 60.8 Å². The van der Waals surface area contributed by atoms with E-state index in [1.165, 1.54) is 20.8 Å². The van der Waals surface area contributed by atoms with E-state index in [-0.39, 0.29) is 54.2 Å². The molecule has 0 aromatic carbocycles. The Morgan fingerprint density at radius 1 is 0.783 bits per heavy atom. The molecule has 0 amide bonds. The van der Waals surface area contributed by atoms with Crippen LogP contribution in [0.2, 0.25) is 0 Å². The fourth-order valence-electron chi connectivity index (χ4n) is 1.96. The molecule has 0 aromatic heterocycles. The molecule has 0 aliphatic heterocycles. The zero-order chi connectivity index (χ0) is 18.6. The maximum atomic E-state index is 11.6. The molecule has 0 aliphatic rings. The van der Waals surface area contributed by atoms with Gasteiger partial charge in [-0.25, -0.2) is 0 Å². The van der Waals surface area contributed by atoms with Gasteiger partial charge in [0.2, 0.25) is 0 Å². The van der Waals surface area contributed by atoms with Crippen LogP contribution in [0.15, 0.2) is 0 Å². The van der Waals surface area contributed by atoms with Crippen molar-refractivity contribution in [1.82, 2.24) is 0 Å². The zero-order valence-corrected chi connectivity index (χ0v) is 14.9. The Bertz CT molecular complexity index is 414. The van der Waals surface area contributed by atoms with Crippen molar-refractivity contribution in [2.45, 2.75) is 60.8 Å². The largest absolute Gasteiger partial charge is 0.466 e. The first-order valence-corrected chi connectivity index (χ1v) is 7.68. The maximum absolute atomic E-state index is 11.6. The average Bonchev–Trinajstić information content (AvgIpc) is 2.36. The Morgan fingerprint density at radius 2 is 1.17 bits per heavy atom. The van der Waals surface area contributed by atoms with Gasteiger partial charge < -0.3 is 14.3 Å². The first kappa shape index (κ1) is 23.4. The quantitative estimate of drug-likeness (QED) is 0.476. The highest BCUT2D eigenvalue weighted by Gasteiger charge is 2.21. The van der Waals surface area contributed by atoms with Crippen molar-refractivity contribution < 1.29 is 28.7 Å². The summed E-state index contributed by atoms with van der Waals surface area (Å²) in [5.41, 5.74) is 0. The number of ether oxygens (including phenoxy) is 1. The molecule has 0 fully saturated rings. The van der Waals surface area contributed by atoms with Crippen LogP contribution in [0.5, 0.6) is 0 Å². The molecule has 132 valence electrons. The summed E-state index contributed by atoms with van der Waals surface area (Å²) < 4.78 is 4.49. The molecule has 0 heterocycles. The molecule has 0 aromatic rings. The first-order valence-electron chi connectivity index (χ1n) is 7.68. The lowest BCUT2D eigenvalue weighted by atomic mass is 9.89. The first-order chi connectivity index (χ1) is 10.5. The molecule has 0 rings (SSSR count). The summed E-state index contributed by atoms with van der Waals surface area (Å²) in [6.07, 6.45) is 0.454. The molecule has 6 heteroatoms. The second-order valence-corrected chi connectivity index (χ2v) is 5.70. The molecule has 6 nitrogen and oxygen atoms in total. The number of hydrogen-bond acceptors (Lipinski definition) is 6. The van der Waals surface area contributed by atoms with E-state index in [2.05, 4.69) is 4.74 Å². The lowest BCUT2D eigenvalue weighted by Gasteiger charge is -2.13. The van der Waals surface area contributed by atoms with Crippen molar-refractivity contribution in [3.63, 3.8) is 0 Å². The van der Waals surface area contributed by atoms with Crippen LogP contribution >= 0.6 is 0 Å². The van der Waals surface area contributed by atoms with Crippen molar-refractivity contribution in [3.05, 3.63) is 0 Å². The minimum Gasteiger partial charge on any atom is -0.466 e. The van der Waals surface area contributed by atoms with Gasteiger partial charge in [-0.2, -0.15) is 0 Å². The van der Waals surface area contributed by atoms with Crippen LogP contribution in [0.4, 0.5) is 0 Å². The maximum Gasteiger partial charge on any atom is 0.313 e. The highest BCUT2D eigenvalue weighted by molar-refractivity contribution is 5.94. The summed E-state index contributed by atoms with van der Waals surface area (Å²) in [4.78, 5) is 53.8. The molecule has 0 spiro atoms. The minimum absolute atomic E-state index is 0.00963. The molecular weight excluding hydrogens is 300 g/mol. The third-order valence-corrected chi connectivity index (χ3v) is 2.86. The lowest BCUT2D eigenvalue weighted by molar-refractivity contribution is -0.145. The van der Waals surface area contributed by atoms with E-state index in [9.17, 15) is 24.0 Å². The average molecular weight is 328 g/mol. The Labute approximate surface area is 138 Å². The number of esters is 1. The molecule has 0 radical (unpaired) electrons. The summed E-state index contributed by atoms with van der Waals surface area (Å²) >= 11 is 0. The normalized spacial score (nSPS) is 12.3. The second kappa shape index (κ2) is 12.7. The third kappa shape index (κ3) is 14.8.